The third-order valence-electron chi connectivity index (χ3n) is 2.76. The maximum Gasteiger partial charge on any atom is 0.286 e. The number of pyridine rings is 1. The molecule has 3 N–H and O–H groups in total. The van der Waals surface area contributed by atoms with Gasteiger partial charge in [-0.05, 0) is 6.07 Å². The van der Waals surface area contributed by atoms with E-state index in [0.29, 0.717) is 11.3 Å². The second-order valence-corrected chi connectivity index (χ2v) is 7.73. The van der Waals surface area contributed by atoms with Crippen LogP contribution in [0.5, 0.6) is 0 Å². The lowest BCUT2D eigenvalue weighted by molar-refractivity contribution is 0.103. The molecule has 1 amide bonds. The fraction of sp³-hybridized carbons (Fsp3) is 0.167. The van der Waals surface area contributed by atoms with Crippen molar-refractivity contribution in [3.8, 4) is 0 Å². The van der Waals surface area contributed by atoms with E-state index in [2.05, 4.69) is 5.32 Å². The van der Waals surface area contributed by atoms with E-state index in [1.54, 1.807) is 0 Å². The van der Waals surface area contributed by atoms with Gasteiger partial charge in [0.15, 0.2) is 10.0 Å². The zero-order valence-corrected chi connectivity index (χ0v) is 14.1. The van der Waals surface area contributed by atoms with Gasteiger partial charge in [0, 0.05) is 12.3 Å². The van der Waals surface area contributed by atoms with Crippen LogP contribution in [0.1, 0.15) is 9.67 Å². The van der Waals surface area contributed by atoms with E-state index in [9.17, 15) is 26.8 Å². The van der Waals surface area contributed by atoms with Gasteiger partial charge in [-0.2, -0.15) is 0 Å². The number of amides is 1. The molecule has 2 aromatic rings. The van der Waals surface area contributed by atoms with Gasteiger partial charge in [0.1, 0.15) is 6.67 Å². The second-order valence-electron chi connectivity index (χ2n) is 4.51. The monoisotopic (exact) mass is 397 g/mol. The fourth-order valence-corrected chi connectivity index (χ4v) is 4.13. The number of nitrogens with zero attached hydrogens (tertiary/aromatic N) is 1. The van der Waals surface area contributed by atoms with Crippen molar-refractivity contribution in [1.29, 1.82) is 0 Å². The molecular weight excluding hydrogens is 388 g/mol. The summed E-state index contributed by atoms with van der Waals surface area (Å²) in [5.41, 5.74) is -1.13. The van der Waals surface area contributed by atoms with E-state index in [1.807, 2.05) is 0 Å². The molecule has 0 spiro atoms. The molecule has 0 saturated carbocycles. The van der Waals surface area contributed by atoms with E-state index in [1.165, 1.54) is 0 Å². The molecule has 12 heteroatoms. The second kappa shape index (κ2) is 6.97. The number of sulfonamides is 1. The highest BCUT2D eigenvalue weighted by atomic mass is 35.5. The van der Waals surface area contributed by atoms with Gasteiger partial charge in [-0.1, -0.05) is 11.6 Å². The van der Waals surface area contributed by atoms with Crippen LogP contribution in [-0.2, 0) is 16.6 Å². The molecular formula is C12H10ClF2N3O4S2. The Labute approximate surface area is 143 Å². The Morgan fingerprint density at radius 2 is 2.08 bits per heavy atom. The lowest BCUT2D eigenvalue weighted by atomic mass is 10.3. The lowest BCUT2D eigenvalue weighted by Gasteiger charge is -2.08. The molecule has 130 valence electrons. The number of rotatable bonds is 5. The van der Waals surface area contributed by atoms with Crippen LogP contribution in [0.2, 0.25) is 5.02 Å². The summed E-state index contributed by atoms with van der Waals surface area (Å²) in [7, 11) is -4.09. The number of nitrogens with two attached hydrogens (primary N) is 1. The van der Waals surface area contributed by atoms with Crippen molar-refractivity contribution < 1.29 is 22.0 Å². The Bertz CT molecular complexity index is 956. The van der Waals surface area contributed by atoms with Gasteiger partial charge in [-0.3, -0.25) is 9.59 Å². The average Bonchev–Trinajstić information content (AvgIpc) is 2.86. The van der Waals surface area contributed by atoms with Crippen molar-refractivity contribution in [1.82, 2.24) is 4.57 Å². The highest BCUT2D eigenvalue weighted by molar-refractivity contribution is 7.91. The standard InChI is InChI=1S/C12H10ClF2N3O4S2/c13-7-4-9(23-12(7)24(16,21)22)10(19)17-6-3-8(15)11(20)18(5-6)2-1-14/h3-5H,1-2H2,(H,17,19)(H2,16,21,22). The first-order valence-corrected chi connectivity index (χ1v) is 8.97. The van der Waals surface area contributed by atoms with Gasteiger partial charge in [-0.15, -0.1) is 11.3 Å². The van der Waals surface area contributed by atoms with Crippen molar-refractivity contribution in [3.63, 3.8) is 0 Å². The predicted octanol–water partition coefficient (Wildman–Crippen LogP) is 1.57. The first kappa shape index (κ1) is 18.5. The number of carbonyl (C=O) groups is 1. The van der Waals surface area contributed by atoms with Crippen LogP contribution < -0.4 is 16.0 Å². The van der Waals surface area contributed by atoms with Gasteiger partial charge in [0.05, 0.1) is 22.1 Å². The molecule has 24 heavy (non-hydrogen) atoms. The summed E-state index contributed by atoms with van der Waals surface area (Å²) >= 11 is 6.25. The number of anilines is 1. The minimum Gasteiger partial charge on any atom is -0.320 e. The molecule has 0 aromatic carbocycles. The first-order chi connectivity index (χ1) is 11.1. The average molecular weight is 398 g/mol. The van der Waals surface area contributed by atoms with E-state index in [-0.39, 0.29) is 26.3 Å². The molecule has 0 atom stereocenters. The fourth-order valence-electron chi connectivity index (χ4n) is 1.78. The number of carbonyl (C=O) groups excluding carboxylic acids is 1. The minimum atomic E-state index is -4.09. The number of primary sulfonamides is 1. The minimum absolute atomic E-state index is 0.0901. The van der Waals surface area contributed by atoms with Crippen LogP contribution in [0.15, 0.2) is 27.3 Å². The van der Waals surface area contributed by atoms with E-state index >= 15 is 0 Å². The van der Waals surface area contributed by atoms with Crippen LogP contribution in [0.3, 0.4) is 0 Å². The molecule has 2 heterocycles. The third-order valence-corrected chi connectivity index (χ3v) is 5.90. The van der Waals surface area contributed by atoms with Gasteiger partial charge in [0.2, 0.25) is 10.0 Å². The van der Waals surface area contributed by atoms with Crippen LogP contribution in [-0.4, -0.2) is 25.6 Å². The Hall–Kier alpha value is -1.82. The van der Waals surface area contributed by atoms with Gasteiger partial charge < -0.3 is 9.88 Å². The van der Waals surface area contributed by atoms with Crippen LogP contribution >= 0.6 is 22.9 Å². The smallest absolute Gasteiger partial charge is 0.286 e. The Morgan fingerprint density at radius 1 is 1.42 bits per heavy atom. The Kier molecular flexibility index (Phi) is 5.38. The highest BCUT2D eigenvalue weighted by Crippen LogP contribution is 2.30. The maximum atomic E-state index is 13.5. The van der Waals surface area contributed by atoms with E-state index in [4.69, 9.17) is 16.7 Å². The van der Waals surface area contributed by atoms with Crippen molar-refractivity contribution in [3.05, 3.63) is 44.4 Å². The summed E-state index contributed by atoms with van der Waals surface area (Å²) in [5, 5.41) is 7.01. The topological polar surface area (TPSA) is 111 Å². The van der Waals surface area contributed by atoms with Gasteiger partial charge in [0.25, 0.3) is 11.5 Å². The zero-order chi connectivity index (χ0) is 18.1. The Balaban J connectivity index is 2.32. The first-order valence-electron chi connectivity index (χ1n) is 6.23. The summed E-state index contributed by atoms with van der Waals surface area (Å²) < 4.78 is 48.8. The van der Waals surface area contributed by atoms with Gasteiger partial charge in [-0.25, -0.2) is 22.3 Å². The maximum absolute atomic E-state index is 13.5. The molecule has 0 saturated heterocycles. The Morgan fingerprint density at radius 3 is 2.62 bits per heavy atom. The number of halogens is 3. The summed E-state index contributed by atoms with van der Waals surface area (Å²) in [6.07, 6.45) is 1.07. The molecule has 0 aliphatic rings. The third kappa shape index (κ3) is 3.98. The quantitative estimate of drug-likeness (QED) is 0.797. The molecule has 0 bridgehead atoms. The summed E-state index contributed by atoms with van der Waals surface area (Å²) in [4.78, 5) is 23.4. The number of aryl methyl sites for hydroxylation is 1. The highest BCUT2D eigenvalue weighted by Gasteiger charge is 2.21. The van der Waals surface area contributed by atoms with E-state index in [0.717, 1.165) is 22.9 Å². The van der Waals surface area contributed by atoms with Crippen LogP contribution in [0.4, 0.5) is 14.5 Å². The van der Waals surface area contributed by atoms with Crippen molar-refractivity contribution in [2.24, 2.45) is 5.14 Å². The zero-order valence-electron chi connectivity index (χ0n) is 11.8. The number of alkyl halides is 1. The van der Waals surface area contributed by atoms with Crippen molar-refractivity contribution in [2.45, 2.75) is 10.8 Å². The van der Waals surface area contributed by atoms with Crippen LogP contribution in [0, 0.1) is 5.82 Å². The largest absolute Gasteiger partial charge is 0.320 e. The molecule has 0 fully saturated rings. The number of hydrogen-bond acceptors (Lipinski definition) is 5. The number of nitrogens with one attached hydrogen (secondary N) is 1. The number of hydrogen-bond donors (Lipinski definition) is 2. The molecule has 7 nitrogen and oxygen atoms in total. The molecule has 2 rings (SSSR count). The summed E-state index contributed by atoms with van der Waals surface area (Å²) in [6.45, 7) is -1.27. The molecule has 2 aromatic heterocycles. The van der Waals surface area contributed by atoms with E-state index < -0.39 is 34.0 Å². The SMILES string of the molecule is NS(=O)(=O)c1sc(C(=O)Nc2cc(F)c(=O)n(CCF)c2)cc1Cl. The molecule has 0 aliphatic heterocycles. The predicted molar refractivity (Wildman–Crippen MR) is 85.3 cm³/mol. The molecule has 0 aliphatic carbocycles. The molecule has 0 unspecified atom stereocenters. The lowest BCUT2D eigenvalue weighted by Crippen LogP contribution is -2.24. The van der Waals surface area contributed by atoms with Crippen molar-refractivity contribution in [2.75, 3.05) is 12.0 Å². The summed E-state index contributed by atoms with van der Waals surface area (Å²) in [6, 6.07) is 1.86. The van der Waals surface area contributed by atoms with Crippen molar-refractivity contribution >= 4 is 44.6 Å². The van der Waals surface area contributed by atoms with Crippen LogP contribution in [0.25, 0.3) is 0 Å². The number of aromatic nitrogens is 1. The number of thiophene rings is 1. The van der Waals surface area contributed by atoms with Gasteiger partial charge >= 0.3 is 0 Å². The summed E-state index contributed by atoms with van der Waals surface area (Å²) in [5.74, 6) is -1.96. The molecule has 0 radical (unpaired) electrons. The normalized spacial score (nSPS) is 11.5.